The van der Waals surface area contributed by atoms with Crippen LogP contribution in [0.3, 0.4) is 0 Å². The fourth-order valence-electron chi connectivity index (χ4n) is 2.64. The van der Waals surface area contributed by atoms with Crippen molar-refractivity contribution in [2.24, 2.45) is 10.2 Å². The smallest absolute Gasteiger partial charge is 0.251 e. The standard InChI is InChI=1S/C21H25N3O4S.CH4/c1-6-28-29(26)10-9-22-21(25)17-7-8-18(15(3)12-17)23-24-19-13-20(27-5)16(4)11-14(19)2;/h6-8,11-13H,1,9-10H2,2-5H3,(H,22,25);1H4. The Morgan fingerprint density at radius 2 is 1.77 bits per heavy atom. The molecule has 0 bridgehead atoms. The monoisotopic (exact) mass is 431 g/mol. The van der Waals surface area contributed by atoms with Crippen LogP contribution in [0.4, 0.5) is 11.4 Å². The Morgan fingerprint density at radius 3 is 2.40 bits per heavy atom. The molecule has 2 rings (SSSR count). The summed E-state index contributed by atoms with van der Waals surface area (Å²) in [6.07, 6.45) is 1.11. The number of hydrogen-bond donors (Lipinski definition) is 1. The normalized spacial score (nSPS) is 11.5. The van der Waals surface area contributed by atoms with Crippen LogP contribution in [0.5, 0.6) is 5.75 Å². The van der Waals surface area contributed by atoms with E-state index in [1.54, 1.807) is 25.3 Å². The summed E-state index contributed by atoms with van der Waals surface area (Å²) < 4.78 is 21.4. The summed E-state index contributed by atoms with van der Waals surface area (Å²) >= 11 is -1.50. The highest BCUT2D eigenvalue weighted by molar-refractivity contribution is 7.80. The molecule has 0 saturated heterocycles. The lowest BCUT2D eigenvalue weighted by Crippen LogP contribution is -2.27. The van der Waals surface area contributed by atoms with E-state index in [2.05, 4.69) is 22.1 Å². The number of ether oxygens (including phenoxy) is 1. The number of carbonyl (C=O) groups excluding carboxylic acids is 1. The third kappa shape index (κ3) is 6.81. The van der Waals surface area contributed by atoms with Gasteiger partial charge in [0, 0.05) is 18.2 Å². The molecule has 0 radical (unpaired) electrons. The van der Waals surface area contributed by atoms with Crippen molar-refractivity contribution in [2.45, 2.75) is 28.2 Å². The zero-order valence-electron chi connectivity index (χ0n) is 17.0. The highest BCUT2D eigenvalue weighted by Gasteiger charge is 2.09. The number of nitrogens with zero attached hydrogens (tertiary/aromatic N) is 2. The Morgan fingerprint density at radius 1 is 1.10 bits per heavy atom. The van der Waals surface area contributed by atoms with E-state index in [0.717, 1.165) is 34.4 Å². The molecular weight excluding hydrogens is 402 g/mol. The summed E-state index contributed by atoms with van der Waals surface area (Å²) in [7, 11) is 1.62. The van der Waals surface area contributed by atoms with Crippen molar-refractivity contribution < 1.29 is 17.9 Å². The fourth-order valence-corrected chi connectivity index (χ4v) is 3.16. The number of amides is 1. The first kappa shape index (κ1) is 25.0. The predicted molar refractivity (Wildman–Crippen MR) is 121 cm³/mol. The summed E-state index contributed by atoms with van der Waals surface area (Å²) in [5.74, 6) is 0.682. The van der Waals surface area contributed by atoms with Crippen molar-refractivity contribution >= 4 is 28.4 Å². The number of hydrogen-bond acceptors (Lipinski definition) is 6. The van der Waals surface area contributed by atoms with Crippen LogP contribution >= 0.6 is 0 Å². The average molecular weight is 432 g/mol. The molecule has 162 valence electrons. The lowest BCUT2D eigenvalue weighted by Gasteiger charge is -2.08. The van der Waals surface area contributed by atoms with E-state index in [1.807, 2.05) is 32.9 Å². The molecule has 0 aliphatic carbocycles. The summed E-state index contributed by atoms with van der Waals surface area (Å²) in [5.41, 5.74) is 4.74. The molecule has 0 saturated carbocycles. The Bertz CT molecular complexity index is 958. The molecular formula is C22H29N3O4S. The molecule has 1 unspecified atom stereocenters. The van der Waals surface area contributed by atoms with Crippen LogP contribution < -0.4 is 10.1 Å². The quantitative estimate of drug-likeness (QED) is 0.435. The number of carbonyl (C=O) groups is 1. The maximum absolute atomic E-state index is 12.2. The van der Waals surface area contributed by atoms with Gasteiger partial charge in [-0.2, -0.15) is 10.2 Å². The maximum Gasteiger partial charge on any atom is 0.251 e. The lowest BCUT2D eigenvalue weighted by atomic mass is 10.1. The molecule has 0 spiro atoms. The van der Waals surface area contributed by atoms with Crippen molar-refractivity contribution in [3.8, 4) is 5.75 Å². The molecule has 1 N–H and O–H groups in total. The predicted octanol–water partition coefficient (Wildman–Crippen LogP) is 5.23. The van der Waals surface area contributed by atoms with E-state index in [0.29, 0.717) is 11.3 Å². The fraction of sp³-hybridized carbons (Fsp3) is 0.318. The maximum atomic E-state index is 12.2. The molecule has 0 heterocycles. The molecule has 8 heteroatoms. The van der Waals surface area contributed by atoms with Gasteiger partial charge in [-0.1, -0.05) is 20.1 Å². The van der Waals surface area contributed by atoms with Crippen LogP contribution in [-0.2, 0) is 15.3 Å². The zero-order valence-corrected chi connectivity index (χ0v) is 17.8. The Hall–Kier alpha value is -3.00. The highest BCUT2D eigenvalue weighted by atomic mass is 32.2. The summed E-state index contributed by atoms with van der Waals surface area (Å²) in [5, 5.41) is 11.4. The molecule has 30 heavy (non-hydrogen) atoms. The number of rotatable bonds is 9. The van der Waals surface area contributed by atoms with Gasteiger partial charge in [-0.25, -0.2) is 4.21 Å². The molecule has 2 aromatic carbocycles. The minimum absolute atomic E-state index is 0. The van der Waals surface area contributed by atoms with E-state index < -0.39 is 11.1 Å². The van der Waals surface area contributed by atoms with Crippen LogP contribution in [0.25, 0.3) is 0 Å². The second-order valence-corrected chi connectivity index (χ2v) is 7.54. The van der Waals surface area contributed by atoms with Crippen LogP contribution in [0.15, 0.2) is 53.4 Å². The van der Waals surface area contributed by atoms with Gasteiger partial charge in [0.25, 0.3) is 5.91 Å². The lowest BCUT2D eigenvalue weighted by molar-refractivity contribution is 0.0956. The Balaban J connectivity index is 0.00000450. The number of aryl methyl sites for hydroxylation is 3. The number of azo groups is 1. The number of benzene rings is 2. The van der Waals surface area contributed by atoms with Crippen LogP contribution in [-0.4, -0.2) is 29.5 Å². The van der Waals surface area contributed by atoms with E-state index in [9.17, 15) is 9.00 Å². The van der Waals surface area contributed by atoms with Crippen LogP contribution in [0.1, 0.15) is 34.5 Å². The van der Waals surface area contributed by atoms with Crippen LogP contribution in [0, 0.1) is 20.8 Å². The van der Waals surface area contributed by atoms with Crippen molar-refractivity contribution in [1.82, 2.24) is 5.32 Å². The third-order valence-corrected chi connectivity index (χ3v) is 5.06. The van der Waals surface area contributed by atoms with Crippen molar-refractivity contribution in [3.05, 3.63) is 65.4 Å². The second kappa shape index (κ2) is 11.9. The molecule has 1 atom stereocenters. The first-order chi connectivity index (χ1) is 13.8. The van der Waals surface area contributed by atoms with E-state index >= 15 is 0 Å². The molecule has 2 aromatic rings. The van der Waals surface area contributed by atoms with Gasteiger partial charge in [0.1, 0.15) is 5.75 Å². The minimum atomic E-state index is -1.50. The third-order valence-electron chi connectivity index (χ3n) is 4.17. The van der Waals surface area contributed by atoms with Gasteiger partial charge in [-0.05, 0) is 55.7 Å². The van der Waals surface area contributed by atoms with Gasteiger partial charge in [0.15, 0.2) is 0 Å². The van der Waals surface area contributed by atoms with Crippen molar-refractivity contribution in [3.63, 3.8) is 0 Å². The SMILES string of the molecule is C.C=COS(=O)CCNC(=O)c1ccc(N=Nc2cc(OC)c(C)cc2C)c(C)c1. The average Bonchev–Trinajstić information content (AvgIpc) is 2.68. The summed E-state index contributed by atoms with van der Waals surface area (Å²) in [6, 6.07) is 9.01. The van der Waals surface area contributed by atoms with E-state index in [1.165, 1.54) is 0 Å². The first-order valence-corrected chi connectivity index (χ1v) is 10.2. The van der Waals surface area contributed by atoms with Gasteiger partial charge in [-0.15, -0.1) is 0 Å². The van der Waals surface area contributed by atoms with Gasteiger partial charge < -0.3 is 14.2 Å². The van der Waals surface area contributed by atoms with Gasteiger partial charge >= 0.3 is 0 Å². The largest absolute Gasteiger partial charge is 0.496 e. The highest BCUT2D eigenvalue weighted by Crippen LogP contribution is 2.30. The topological polar surface area (TPSA) is 89.3 Å². The number of nitrogens with one attached hydrogen (secondary N) is 1. The van der Waals surface area contributed by atoms with Crippen molar-refractivity contribution in [1.29, 1.82) is 0 Å². The zero-order chi connectivity index (χ0) is 21.4. The first-order valence-electron chi connectivity index (χ1n) is 8.98. The van der Waals surface area contributed by atoms with Crippen LogP contribution in [0.2, 0.25) is 0 Å². The van der Waals surface area contributed by atoms with Crippen molar-refractivity contribution in [2.75, 3.05) is 19.4 Å². The summed E-state index contributed by atoms with van der Waals surface area (Å²) in [6.45, 7) is 9.37. The molecule has 7 nitrogen and oxygen atoms in total. The van der Waals surface area contributed by atoms with E-state index in [4.69, 9.17) is 8.92 Å². The second-order valence-electron chi connectivity index (χ2n) is 6.34. The van der Waals surface area contributed by atoms with Gasteiger partial charge in [-0.3, -0.25) is 4.79 Å². The molecule has 0 aromatic heterocycles. The minimum Gasteiger partial charge on any atom is -0.496 e. The number of methoxy groups -OCH3 is 1. The molecule has 0 fully saturated rings. The van der Waals surface area contributed by atoms with Gasteiger partial charge in [0.2, 0.25) is 11.1 Å². The molecule has 0 aliphatic heterocycles. The Labute approximate surface area is 180 Å². The summed E-state index contributed by atoms with van der Waals surface area (Å²) in [4.78, 5) is 12.2. The molecule has 0 aliphatic rings. The molecule has 1 amide bonds. The van der Waals surface area contributed by atoms with E-state index in [-0.39, 0.29) is 25.6 Å². The van der Waals surface area contributed by atoms with Gasteiger partial charge in [0.05, 0.1) is 30.5 Å². The Kier molecular flexibility index (Phi) is 9.91.